The van der Waals surface area contributed by atoms with Gasteiger partial charge in [-0.3, -0.25) is 4.79 Å². The third-order valence-corrected chi connectivity index (χ3v) is 2.36. The maximum Gasteiger partial charge on any atom is 0.573 e. The Labute approximate surface area is 106 Å². The maximum absolute atomic E-state index is 12.0. The van der Waals surface area contributed by atoms with E-state index in [0.717, 1.165) is 0 Å². The van der Waals surface area contributed by atoms with Crippen LogP contribution < -0.4 is 4.74 Å². The van der Waals surface area contributed by atoms with Gasteiger partial charge >= 0.3 is 6.36 Å². The van der Waals surface area contributed by atoms with E-state index in [1.165, 1.54) is 42.9 Å². The number of Topliss-reactive ketones (excluding diaryl/α,β-unsaturated/α-hetero) is 1. The molecular formula is C13H9F3O3. The van der Waals surface area contributed by atoms with Crippen molar-refractivity contribution in [3.05, 3.63) is 54.0 Å². The molecule has 0 unspecified atom stereocenters. The first-order valence-corrected chi connectivity index (χ1v) is 5.34. The summed E-state index contributed by atoms with van der Waals surface area (Å²) in [5, 5.41) is 0. The number of hydrogen-bond acceptors (Lipinski definition) is 3. The quantitative estimate of drug-likeness (QED) is 0.797. The Morgan fingerprint density at radius 2 is 1.84 bits per heavy atom. The number of benzene rings is 1. The minimum atomic E-state index is -4.71. The van der Waals surface area contributed by atoms with Crippen LogP contribution in [0.15, 0.2) is 47.3 Å². The van der Waals surface area contributed by atoms with Gasteiger partial charge in [0, 0.05) is 6.42 Å². The lowest BCUT2D eigenvalue weighted by atomic mass is 10.1. The summed E-state index contributed by atoms with van der Waals surface area (Å²) in [5.41, 5.74) is 1.02. The third-order valence-electron chi connectivity index (χ3n) is 2.36. The molecule has 6 heteroatoms. The van der Waals surface area contributed by atoms with Crippen LogP contribution in [0.5, 0.6) is 5.75 Å². The van der Waals surface area contributed by atoms with Gasteiger partial charge in [0.2, 0.25) is 0 Å². The summed E-state index contributed by atoms with van der Waals surface area (Å²) in [6.45, 7) is 0. The molecule has 0 bridgehead atoms. The van der Waals surface area contributed by atoms with Crippen molar-refractivity contribution in [3.8, 4) is 5.75 Å². The summed E-state index contributed by atoms with van der Waals surface area (Å²) in [6.07, 6.45) is -1.92. The third kappa shape index (κ3) is 3.87. The summed E-state index contributed by atoms with van der Waals surface area (Å²) >= 11 is 0. The van der Waals surface area contributed by atoms with E-state index in [2.05, 4.69) is 4.74 Å². The number of carbonyl (C=O) groups is 1. The van der Waals surface area contributed by atoms with Crippen molar-refractivity contribution in [2.75, 3.05) is 0 Å². The molecule has 2 rings (SSSR count). The van der Waals surface area contributed by atoms with Gasteiger partial charge in [0.1, 0.15) is 12.0 Å². The highest BCUT2D eigenvalue weighted by Gasteiger charge is 2.30. The SMILES string of the molecule is O=C(Cc1ccc(OC(F)(F)F)cc1)c1ccoc1. The molecule has 100 valence electrons. The maximum atomic E-state index is 12.0. The van der Waals surface area contributed by atoms with Crippen LogP contribution in [-0.2, 0) is 6.42 Å². The van der Waals surface area contributed by atoms with E-state index in [1.807, 2.05) is 0 Å². The topological polar surface area (TPSA) is 39.4 Å². The van der Waals surface area contributed by atoms with Crippen LogP contribution in [0.1, 0.15) is 15.9 Å². The zero-order valence-electron chi connectivity index (χ0n) is 9.61. The smallest absolute Gasteiger partial charge is 0.472 e. The van der Waals surface area contributed by atoms with Crippen molar-refractivity contribution >= 4 is 5.78 Å². The fourth-order valence-electron chi connectivity index (χ4n) is 1.52. The molecule has 0 saturated carbocycles. The second-order valence-corrected chi connectivity index (χ2v) is 3.80. The first kappa shape index (κ1) is 13.2. The van der Waals surface area contributed by atoms with Gasteiger partial charge in [-0.15, -0.1) is 13.2 Å². The van der Waals surface area contributed by atoms with Crippen LogP contribution in [0.25, 0.3) is 0 Å². The Kier molecular flexibility index (Phi) is 3.59. The average molecular weight is 270 g/mol. The fraction of sp³-hybridized carbons (Fsp3) is 0.154. The normalized spacial score (nSPS) is 11.3. The van der Waals surface area contributed by atoms with E-state index in [9.17, 15) is 18.0 Å². The van der Waals surface area contributed by atoms with Crippen molar-refractivity contribution in [3.63, 3.8) is 0 Å². The number of carbonyl (C=O) groups excluding carboxylic acids is 1. The number of furan rings is 1. The number of halogens is 3. The molecule has 1 aromatic heterocycles. The molecule has 0 aliphatic heterocycles. The molecule has 0 fully saturated rings. The Morgan fingerprint density at radius 3 is 2.37 bits per heavy atom. The van der Waals surface area contributed by atoms with Crippen LogP contribution in [0.3, 0.4) is 0 Å². The summed E-state index contributed by atoms with van der Waals surface area (Å²) in [6, 6.07) is 6.71. The molecule has 1 heterocycles. The van der Waals surface area contributed by atoms with Gasteiger partial charge in [0.25, 0.3) is 0 Å². The lowest BCUT2D eigenvalue weighted by Gasteiger charge is -2.08. The van der Waals surface area contributed by atoms with E-state index in [1.54, 1.807) is 0 Å². The van der Waals surface area contributed by atoms with Crippen molar-refractivity contribution < 1.29 is 27.1 Å². The molecule has 0 aliphatic rings. The predicted octanol–water partition coefficient (Wildman–Crippen LogP) is 3.60. The largest absolute Gasteiger partial charge is 0.573 e. The molecule has 0 spiro atoms. The van der Waals surface area contributed by atoms with E-state index in [4.69, 9.17) is 4.42 Å². The number of ketones is 1. The molecule has 0 amide bonds. The van der Waals surface area contributed by atoms with Crippen molar-refractivity contribution in [2.24, 2.45) is 0 Å². The molecule has 0 aliphatic carbocycles. The number of ether oxygens (including phenoxy) is 1. The van der Waals surface area contributed by atoms with Gasteiger partial charge in [-0.1, -0.05) is 12.1 Å². The van der Waals surface area contributed by atoms with Gasteiger partial charge in [-0.2, -0.15) is 0 Å². The molecule has 0 saturated heterocycles. The van der Waals surface area contributed by atoms with E-state index >= 15 is 0 Å². The highest BCUT2D eigenvalue weighted by molar-refractivity contribution is 5.97. The van der Waals surface area contributed by atoms with Crippen LogP contribution in [-0.4, -0.2) is 12.1 Å². The van der Waals surface area contributed by atoms with Crippen LogP contribution in [0, 0.1) is 0 Å². The Balaban J connectivity index is 2.01. The molecule has 0 radical (unpaired) electrons. The van der Waals surface area contributed by atoms with Crippen molar-refractivity contribution in [2.45, 2.75) is 12.8 Å². The highest BCUT2D eigenvalue weighted by atomic mass is 19.4. The van der Waals surface area contributed by atoms with Gasteiger partial charge < -0.3 is 9.15 Å². The number of rotatable bonds is 4. The number of hydrogen-bond donors (Lipinski definition) is 0. The van der Waals surface area contributed by atoms with Crippen LogP contribution in [0.2, 0.25) is 0 Å². The predicted molar refractivity (Wildman–Crippen MR) is 59.9 cm³/mol. The summed E-state index contributed by atoms with van der Waals surface area (Å²) in [5.74, 6) is -0.481. The molecule has 0 atom stereocenters. The zero-order valence-corrected chi connectivity index (χ0v) is 9.61. The highest BCUT2D eigenvalue weighted by Crippen LogP contribution is 2.23. The first-order chi connectivity index (χ1) is 8.94. The van der Waals surface area contributed by atoms with Crippen LogP contribution >= 0.6 is 0 Å². The lowest BCUT2D eigenvalue weighted by molar-refractivity contribution is -0.274. The fourth-order valence-corrected chi connectivity index (χ4v) is 1.52. The monoisotopic (exact) mass is 270 g/mol. The molecule has 1 aromatic carbocycles. The van der Waals surface area contributed by atoms with Gasteiger partial charge in [-0.25, -0.2) is 0 Å². The Morgan fingerprint density at radius 1 is 1.16 bits per heavy atom. The van der Waals surface area contributed by atoms with Gasteiger partial charge in [0.05, 0.1) is 11.8 Å². The van der Waals surface area contributed by atoms with Gasteiger partial charge in [0.15, 0.2) is 5.78 Å². The Hall–Kier alpha value is -2.24. The van der Waals surface area contributed by atoms with Gasteiger partial charge in [-0.05, 0) is 23.8 Å². The number of alkyl halides is 3. The first-order valence-electron chi connectivity index (χ1n) is 5.34. The molecular weight excluding hydrogens is 261 g/mol. The minimum Gasteiger partial charge on any atom is -0.472 e. The summed E-state index contributed by atoms with van der Waals surface area (Å²) < 4.78 is 44.4. The summed E-state index contributed by atoms with van der Waals surface area (Å²) in [4.78, 5) is 11.7. The molecule has 0 N–H and O–H groups in total. The van der Waals surface area contributed by atoms with Crippen molar-refractivity contribution in [1.82, 2.24) is 0 Å². The molecule has 3 nitrogen and oxygen atoms in total. The van der Waals surface area contributed by atoms with E-state index < -0.39 is 6.36 Å². The van der Waals surface area contributed by atoms with E-state index in [0.29, 0.717) is 11.1 Å². The second-order valence-electron chi connectivity index (χ2n) is 3.80. The zero-order chi connectivity index (χ0) is 13.9. The average Bonchev–Trinajstić information content (AvgIpc) is 2.83. The minimum absolute atomic E-state index is 0.0891. The summed E-state index contributed by atoms with van der Waals surface area (Å²) in [7, 11) is 0. The van der Waals surface area contributed by atoms with Crippen molar-refractivity contribution in [1.29, 1.82) is 0 Å². The lowest BCUT2D eigenvalue weighted by Crippen LogP contribution is -2.17. The standard InChI is InChI=1S/C13H9F3O3/c14-13(15,16)19-11-3-1-9(2-4-11)7-12(17)10-5-6-18-8-10/h1-6,8H,7H2. The van der Waals surface area contributed by atoms with Crippen LogP contribution in [0.4, 0.5) is 13.2 Å². The molecule has 19 heavy (non-hydrogen) atoms. The second kappa shape index (κ2) is 5.17. The van der Waals surface area contributed by atoms with E-state index in [-0.39, 0.29) is 18.0 Å². The Bertz CT molecular complexity index is 542. The molecule has 2 aromatic rings.